The summed E-state index contributed by atoms with van der Waals surface area (Å²) in [4.78, 5) is 13.9. The lowest BCUT2D eigenvalue weighted by Gasteiger charge is -2.30. The molecule has 1 aliphatic rings. The molecule has 1 aliphatic heterocycles. The number of piperidine rings is 1. The molecule has 0 saturated carbocycles. The fraction of sp³-hybridized carbons (Fsp3) is 0.500. The Balaban J connectivity index is 1.89. The average molecular weight is 302 g/mol. The van der Waals surface area contributed by atoms with E-state index < -0.39 is 0 Å². The zero-order valence-electron chi connectivity index (χ0n) is 10.9. The van der Waals surface area contributed by atoms with Gasteiger partial charge in [-0.05, 0) is 37.0 Å². The molecule has 2 rings (SSSR count). The Hall–Kier alpha value is -0.930. The van der Waals surface area contributed by atoms with Gasteiger partial charge >= 0.3 is 0 Å². The van der Waals surface area contributed by atoms with Crippen LogP contribution in [0.5, 0.6) is 5.75 Å². The molecular formula is C14H17Cl2NO2. The van der Waals surface area contributed by atoms with E-state index in [9.17, 15) is 4.79 Å². The Kier molecular flexibility index (Phi) is 4.94. The molecule has 3 nitrogen and oxygen atoms in total. The summed E-state index contributed by atoms with van der Waals surface area (Å²) >= 11 is 11.8. The third kappa shape index (κ3) is 4.02. The van der Waals surface area contributed by atoms with Crippen molar-refractivity contribution in [3.63, 3.8) is 0 Å². The largest absolute Gasteiger partial charge is 0.482 e. The number of likely N-dealkylation sites (tertiary alicyclic amines) is 1. The molecule has 0 spiro atoms. The van der Waals surface area contributed by atoms with Crippen molar-refractivity contribution in [3.8, 4) is 5.75 Å². The molecule has 1 fully saturated rings. The number of carbonyl (C=O) groups is 1. The highest BCUT2D eigenvalue weighted by atomic mass is 35.5. The SMILES string of the molecule is C[C@H]1CCCN(C(=O)COc2ccc(Cl)cc2Cl)C1. The van der Waals surface area contributed by atoms with Crippen LogP contribution >= 0.6 is 23.2 Å². The zero-order valence-corrected chi connectivity index (χ0v) is 12.4. The van der Waals surface area contributed by atoms with Crippen LogP contribution in [0.1, 0.15) is 19.8 Å². The van der Waals surface area contributed by atoms with E-state index in [0.29, 0.717) is 21.7 Å². The summed E-state index contributed by atoms with van der Waals surface area (Å²) in [6.07, 6.45) is 2.25. The highest BCUT2D eigenvalue weighted by Crippen LogP contribution is 2.27. The fourth-order valence-electron chi connectivity index (χ4n) is 2.24. The van der Waals surface area contributed by atoms with Gasteiger partial charge in [0.1, 0.15) is 5.75 Å². The van der Waals surface area contributed by atoms with Gasteiger partial charge in [0.2, 0.25) is 0 Å². The second-order valence-electron chi connectivity index (χ2n) is 4.95. The summed E-state index contributed by atoms with van der Waals surface area (Å²) in [6.45, 7) is 3.82. The average Bonchev–Trinajstić information content (AvgIpc) is 2.37. The Labute approximate surface area is 123 Å². The van der Waals surface area contributed by atoms with Crippen LogP contribution in [0.15, 0.2) is 18.2 Å². The summed E-state index contributed by atoms with van der Waals surface area (Å²) in [6, 6.07) is 4.97. The number of amides is 1. The van der Waals surface area contributed by atoms with Crippen molar-refractivity contribution in [2.75, 3.05) is 19.7 Å². The molecule has 104 valence electrons. The molecule has 0 bridgehead atoms. The van der Waals surface area contributed by atoms with Crippen molar-refractivity contribution in [1.82, 2.24) is 4.90 Å². The van der Waals surface area contributed by atoms with E-state index in [-0.39, 0.29) is 12.5 Å². The molecule has 1 aromatic carbocycles. The van der Waals surface area contributed by atoms with Crippen LogP contribution in [0.2, 0.25) is 10.0 Å². The minimum absolute atomic E-state index is 0.0116. The maximum atomic E-state index is 12.0. The molecule has 1 atom stereocenters. The van der Waals surface area contributed by atoms with Gasteiger partial charge < -0.3 is 9.64 Å². The van der Waals surface area contributed by atoms with Crippen molar-refractivity contribution in [3.05, 3.63) is 28.2 Å². The summed E-state index contributed by atoms with van der Waals surface area (Å²) in [5.41, 5.74) is 0. The van der Waals surface area contributed by atoms with Crippen molar-refractivity contribution in [2.24, 2.45) is 5.92 Å². The molecule has 19 heavy (non-hydrogen) atoms. The van der Waals surface area contributed by atoms with Gasteiger partial charge in [0, 0.05) is 18.1 Å². The summed E-state index contributed by atoms with van der Waals surface area (Å²) in [5, 5.41) is 0.973. The first kappa shape index (κ1) is 14.5. The highest BCUT2D eigenvalue weighted by Gasteiger charge is 2.21. The number of hydrogen-bond donors (Lipinski definition) is 0. The first-order valence-electron chi connectivity index (χ1n) is 6.42. The lowest BCUT2D eigenvalue weighted by atomic mass is 10.0. The van der Waals surface area contributed by atoms with Gasteiger partial charge in [-0.3, -0.25) is 4.79 Å². The van der Waals surface area contributed by atoms with Gasteiger partial charge in [0.05, 0.1) is 5.02 Å². The van der Waals surface area contributed by atoms with Crippen LogP contribution in [0.4, 0.5) is 0 Å². The van der Waals surface area contributed by atoms with Crippen LogP contribution < -0.4 is 4.74 Å². The number of rotatable bonds is 3. The second kappa shape index (κ2) is 6.49. The first-order valence-corrected chi connectivity index (χ1v) is 7.17. The molecule has 1 heterocycles. The maximum absolute atomic E-state index is 12.0. The smallest absolute Gasteiger partial charge is 0.260 e. The maximum Gasteiger partial charge on any atom is 0.260 e. The first-order chi connectivity index (χ1) is 9.06. The second-order valence-corrected chi connectivity index (χ2v) is 5.79. The van der Waals surface area contributed by atoms with E-state index in [2.05, 4.69) is 6.92 Å². The number of benzene rings is 1. The third-order valence-corrected chi connectivity index (χ3v) is 3.79. The van der Waals surface area contributed by atoms with E-state index in [0.717, 1.165) is 19.5 Å². The van der Waals surface area contributed by atoms with E-state index in [1.54, 1.807) is 18.2 Å². The quantitative estimate of drug-likeness (QED) is 0.853. The number of ether oxygens (including phenoxy) is 1. The predicted molar refractivity (Wildman–Crippen MR) is 76.9 cm³/mol. The Morgan fingerprint density at radius 3 is 2.95 bits per heavy atom. The monoisotopic (exact) mass is 301 g/mol. The number of hydrogen-bond acceptors (Lipinski definition) is 2. The lowest BCUT2D eigenvalue weighted by molar-refractivity contribution is -0.135. The molecule has 0 N–H and O–H groups in total. The van der Waals surface area contributed by atoms with Gasteiger partial charge in [-0.15, -0.1) is 0 Å². The van der Waals surface area contributed by atoms with Gasteiger partial charge in [0.15, 0.2) is 6.61 Å². The van der Waals surface area contributed by atoms with Crippen molar-refractivity contribution in [2.45, 2.75) is 19.8 Å². The number of halogens is 2. The van der Waals surface area contributed by atoms with Crippen LogP contribution in [0.3, 0.4) is 0 Å². The van der Waals surface area contributed by atoms with Crippen LogP contribution in [0, 0.1) is 5.92 Å². The number of nitrogens with zero attached hydrogens (tertiary/aromatic N) is 1. The molecule has 0 aliphatic carbocycles. The molecule has 0 radical (unpaired) electrons. The van der Waals surface area contributed by atoms with E-state index in [1.807, 2.05) is 4.90 Å². The lowest BCUT2D eigenvalue weighted by Crippen LogP contribution is -2.41. The van der Waals surface area contributed by atoms with Crippen molar-refractivity contribution in [1.29, 1.82) is 0 Å². The van der Waals surface area contributed by atoms with Crippen molar-refractivity contribution < 1.29 is 9.53 Å². The molecule has 0 unspecified atom stereocenters. The molecule has 1 amide bonds. The Morgan fingerprint density at radius 2 is 2.26 bits per heavy atom. The molecule has 1 aromatic rings. The third-order valence-electron chi connectivity index (χ3n) is 3.25. The highest BCUT2D eigenvalue weighted by molar-refractivity contribution is 6.35. The molecule has 0 aromatic heterocycles. The van der Waals surface area contributed by atoms with Gasteiger partial charge in [-0.2, -0.15) is 0 Å². The normalized spacial score (nSPS) is 19.3. The summed E-state index contributed by atoms with van der Waals surface area (Å²) in [5.74, 6) is 1.07. The van der Waals surface area contributed by atoms with Crippen LogP contribution in [-0.2, 0) is 4.79 Å². The topological polar surface area (TPSA) is 29.5 Å². The zero-order chi connectivity index (χ0) is 13.8. The van der Waals surface area contributed by atoms with Crippen LogP contribution in [-0.4, -0.2) is 30.5 Å². The minimum atomic E-state index is 0.0116. The standard InChI is InChI=1S/C14H17Cl2NO2/c1-10-3-2-6-17(8-10)14(18)9-19-13-5-4-11(15)7-12(13)16/h4-5,7,10H,2-3,6,8-9H2,1H3/t10-/m0/s1. The van der Waals surface area contributed by atoms with Gasteiger partial charge in [0.25, 0.3) is 5.91 Å². The Bertz CT molecular complexity index is 465. The van der Waals surface area contributed by atoms with E-state index in [1.165, 1.54) is 6.42 Å². The fourth-order valence-corrected chi connectivity index (χ4v) is 2.70. The van der Waals surface area contributed by atoms with Crippen LogP contribution in [0.25, 0.3) is 0 Å². The van der Waals surface area contributed by atoms with E-state index >= 15 is 0 Å². The van der Waals surface area contributed by atoms with E-state index in [4.69, 9.17) is 27.9 Å². The van der Waals surface area contributed by atoms with Crippen molar-refractivity contribution >= 4 is 29.1 Å². The molecule has 5 heteroatoms. The predicted octanol–water partition coefficient (Wildman–Crippen LogP) is 3.63. The summed E-state index contributed by atoms with van der Waals surface area (Å²) in [7, 11) is 0. The Morgan fingerprint density at radius 1 is 1.47 bits per heavy atom. The summed E-state index contributed by atoms with van der Waals surface area (Å²) < 4.78 is 5.46. The van der Waals surface area contributed by atoms with Gasteiger partial charge in [-0.1, -0.05) is 30.1 Å². The van der Waals surface area contributed by atoms with Gasteiger partial charge in [-0.25, -0.2) is 0 Å². The minimum Gasteiger partial charge on any atom is -0.482 e. The molecular weight excluding hydrogens is 285 g/mol. The molecule has 1 saturated heterocycles. The number of carbonyl (C=O) groups excluding carboxylic acids is 1.